The smallest absolute Gasteiger partial charge is 0.407 e. The van der Waals surface area contributed by atoms with Gasteiger partial charge in [0.1, 0.15) is 12.6 Å². The van der Waals surface area contributed by atoms with Crippen molar-refractivity contribution in [3.05, 3.63) is 126 Å². The van der Waals surface area contributed by atoms with E-state index in [2.05, 4.69) is 27.0 Å². The number of carbonyl (C=O) groups excluding carboxylic acids is 1. The van der Waals surface area contributed by atoms with Crippen molar-refractivity contribution in [2.45, 2.75) is 24.9 Å². The summed E-state index contributed by atoms with van der Waals surface area (Å²) in [5.74, 6) is -1.22. The van der Waals surface area contributed by atoms with Gasteiger partial charge in [-0.3, -0.25) is 4.98 Å². The lowest BCUT2D eigenvalue weighted by Gasteiger charge is -2.17. The van der Waals surface area contributed by atoms with E-state index in [1.54, 1.807) is 6.20 Å². The quantitative estimate of drug-likeness (QED) is 0.279. The van der Waals surface area contributed by atoms with Crippen LogP contribution in [-0.4, -0.2) is 39.4 Å². The van der Waals surface area contributed by atoms with Crippen LogP contribution in [0.2, 0.25) is 0 Å². The average molecular weight is 518 g/mol. The first-order chi connectivity index (χ1) is 19.1. The van der Waals surface area contributed by atoms with E-state index in [4.69, 9.17) is 4.74 Å². The lowest BCUT2D eigenvalue weighted by Crippen LogP contribution is -2.42. The Morgan fingerprint density at radius 3 is 2.31 bits per heavy atom. The molecule has 1 atom stereocenters. The second kappa shape index (κ2) is 10.5. The zero-order valence-electron chi connectivity index (χ0n) is 21.2. The van der Waals surface area contributed by atoms with Crippen molar-refractivity contribution in [2.24, 2.45) is 0 Å². The Hall–Kier alpha value is -4.91. The standard InChI is InChI=1S/C32H27N3O4/c36-31(37)29(16-22-19-35(18-21-8-7-15-33-17-21)30-14-6-5-9-23(22)30)34-32(38)39-20-28-26-12-3-1-10-24(26)25-11-2-4-13-27(25)28/h1-15,17,19,28-29H,16,18,20H2,(H,34,38)(H,36,37)/t29-/m0/s1. The van der Waals surface area contributed by atoms with E-state index in [1.165, 1.54) is 0 Å². The van der Waals surface area contributed by atoms with Gasteiger partial charge in [-0.1, -0.05) is 72.8 Å². The predicted octanol–water partition coefficient (Wildman–Crippen LogP) is 5.62. The summed E-state index contributed by atoms with van der Waals surface area (Å²) in [6, 6.07) is 26.8. The number of alkyl carbamates (subject to hydrolysis) is 1. The SMILES string of the molecule is O=C(N[C@@H](Cc1cn(Cc2cccnc2)c2ccccc12)C(=O)O)OCC1c2ccccc2-c2ccccc21. The molecule has 39 heavy (non-hydrogen) atoms. The van der Waals surface area contributed by atoms with E-state index >= 15 is 0 Å². The molecule has 1 aliphatic carbocycles. The van der Waals surface area contributed by atoms with Crippen molar-refractivity contribution >= 4 is 23.0 Å². The van der Waals surface area contributed by atoms with E-state index in [-0.39, 0.29) is 18.9 Å². The van der Waals surface area contributed by atoms with Gasteiger partial charge >= 0.3 is 12.1 Å². The molecule has 7 heteroatoms. The molecule has 0 aliphatic heterocycles. The Morgan fingerprint density at radius 2 is 1.62 bits per heavy atom. The minimum atomic E-state index is -1.14. The lowest BCUT2D eigenvalue weighted by molar-refractivity contribution is -0.139. The summed E-state index contributed by atoms with van der Waals surface area (Å²) in [5, 5.41) is 13.5. The number of nitrogens with zero attached hydrogens (tertiary/aromatic N) is 2. The monoisotopic (exact) mass is 517 g/mol. The molecule has 0 unspecified atom stereocenters. The highest BCUT2D eigenvalue weighted by molar-refractivity contribution is 5.86. The van der Waals surface area contributed by atoms with Gasteiger partial charge < -0.3 is 19.7 Å². The van der Waals surface area contributed by atoms with Gasteiger partial charge in [-0.2, -0.15) is 0 Å². The van der Waals surface area contributed by atoms with E-state index in [0.717, 1.165) is 44.3 Å². The van der Waals surface area contributed by atoms with Crippen LogP contribution in [0.15, 0.2) is 104 Å². The molecule has 0 fully saturated rings. The maximum Gasteiger partial charge on any atom is 0.407 e. The molecule has 0 bridgehead atoms. The number of hydrogen-bond donors (Lipinski definition) is 2. The van der Waals surface area contributed by atoms with E-state index < -0.39 is 18.1 Å². The number of carbonyl (C=O) groups is 2. The normalized spacial score (nSPS) is 13.0. The summed E-state index contributed by atoms with van der Waals surface area (Å²) in [4.78, 5) is 29.2. The number of amides is 1. The van der Waals surface area contributed by atoms with Gasteiger partial charge in [0, 0.05) is 48.4 Å². The van der Waals surface area contributed by atoms with Crippen LogP contribution in [0, 0.1) is 0 Å². The fourth-order valence-corrected chi connectivity index (χ4v) is 5.51. The van der Waals surface area contributed by atoms with Gasteiger partial charge in [-0.15, -0.1) is 0 Å². The number of para-hydroxylation sites is 1. The number of pyridine rings is 1. The number of fused-ring (bicyclic) bond motifs is 4. The van der Waals surface area contributed by atoms with Gasteiger partial charge in [-0.25, -0.2) is 9.59 Å². The van der Waals surface area contributed by atoms with Gasteiger partial charge in [-0.05, 0) is 45.5 Å². The van der Waals surface area contributed by atoms with Crippen LogP contribution in [0.3, 0.4) is 0 Å². The third kappa shape index (κ3) is 4.86. The number of nitrogens with one attached hydrogen (secondary N) is 1. The van der Waals surface area contributed by atoms with Crippen molar-refractivity contribution < 1.29 is 19.4 Å². The highest BCUT2D eigenvalue weighted by Crippen LogP contribution is 2.44. The number of rotatable bonds is 8. The van der Waals surface area contributed by atoms with Crippen LogP contribution in [0.5, 0.6) is 0 Å². The number of ether oxygens (including phenoxy) is 1. The number of aliphatic carboxylic acids is 1. The molecule has 2 N–H and O–H groups in total. The topological polar surface area (TPSA) is 93.5 Å². The maximum atomic E-state index is 12.8. The van der Waals surface area contributed by atoms with E-state index in [9.17, 15) is 14.7 Å². The third-order valence-corrected chi connectivity index (χ3v) is 7.30. The highest BCUT2D eigenvalue weighted by Gasteiger charge is 2.30. The molecule has 0 saturated carbocycles. The highest BCUT2D eigenvalue weighted by atomic mass is 16.5. The second-order valence-corrected chi connectivity index (χ2v) is 9.73. The van der Waals surface area contributed by atoms with E-state index in [1.807, 2.05) is 85.2 Å². The van der Waals surface area contributed by atoms with Crippen LogP contribution in [0.25, 0.3) is 22.0 Å². The van der Waals surface area contributed by atoms with Gasteiger partial charge in [0.2, 0.25) is 0 Å². The van der Waals surface area contributed by atoms with Crippen LogP contribution in [0.4, 0.5) is 4.79 Å². The molecular weight excluding hydrogens is 490 g/mol. The summed E-state index contributed by atoms with van der Waals surface area (Å²) in [5.41, 5.74) is 7.32. The summed E-state index contributed by atoms with van der Waals surface area (Å²) < 4.78 is 7.68. The Labute approximate surface area is 225 Å². The molecule has 3 aromatic carbocycles. The molecule has 2 aromatic heterocycles. The number of carboxylic acid groups (broad SMARTS) is 1. The molecule has 2 heterocycles. The lowest BCUT2D eigenvalue weighted by atomic mass is 9.98. The minimum absolute atomic E-state index is 0.100. The number of carboxylic acids is 1. The van der Waals surface area contributed by atoms with Crippen molar-refractivity contribution in [1.29, 1.82) is 0 Å². The first kappa shape index (κ1) is 24.4. The Balaban J connectivity index is 1.17. The molecule has 0 saturated heterocycles. The molecule has 194 valence electrons. The molecule has 5 aromatic rings. The zero-order valence-corrected chi connectivity index (χ0v) is 21.2. The van der Waals surface area contributed by atoms with Gasteiger partial charge in [0.25, 0.3) is 0 Å². The molecule has 6 rings (SSSR count). The summed E-state index contributed by atoms with van der Waals surface area (Å²) in [6.45, 7) is 0.725. The Morgan fingerprint density at radius 1 is 0.923 bits per heavy atom. The molecule has 7 nitrogen and oxygen atoms in total. The summed E-state index contributed by atoms with van der Waals surface area (Å²) in [6.07, 6.45) is 4.87. The van der Waals surface area contributed by atoms with Crippen LogP contribution in [0.1, 0.15) is 28.2 Å². The molecule has 0 spiro atoms. The van der Waals surface area contributed by atoms with Crippen molar-refractivity contribution in [3.8, 4) is 11.1 Å². The van der Waals surface area contributed by atoms with Gasteiger partial charge in [0.15, 0.2) is 0 Å². The van der Waals surface area contributed by atoms with Crippen LogP contribution in [-0.2, 0) is 22.5 Å². The first-order valence-electron chi connectivity index (χ1n) is 12.9. The number of benzene rings is 3. The van der Waals surface area contributed by atoms with Crippen molar-refractivity contribution in [3.63, 3.8) is 0 Å². The zero-order chi connectivity index (χ0) is 26.8. The average Bonchev–Trinajstić information content (AvgIpc) is 3.47. The van der Waals surface area contributed by atoms with Crippen molar-refractivity contribution in [2.75, 3.05) is 6.61 Å². The summed E-state index contributed by atoms with van der Waals surface area (Å²) >= 11 is 0. The fraction of sp³-hybridized carbons (Fsp3) is 0.156. The number of hydrogen-bond acceptors (Lipinski definition) is 4. The molecule has 1 aliphatic rings. The molecule has 1 amide bonds. The van der Waals surface area contributed by atoms with Crippen LogP contribution < -0.4 is 5.32 Å². The number of aromatic nitrogens is 2. The molecular formula is C32H27N3O4. The first-order valence-corrected chi connectivity index (χ1v) is 12.9. The maximum absolute atomic E-state index is 12.8. The third-order valence-electron chi connectivity index (χ3n) is 7.30. The molecule has 0 radical (unpaired) electrons. The van der Waals surface area contributed by atoms with E-state index in [0.29, 0.717) is 6.54 Å². The second-order valence-electron chi connectivity index (χ2n) is 9.73. The van der Waals surface area contributed by atoms with Crippen molar-refractivity contribution in [1.82, 2.24) is 14.9 Å². The Bertz CT molecular complexity index is 1620. The predicted molar refractivity (Wildman–Crippen MR) is 149 cm³/mol. The van der Waals surface area contributed by atoms with Crippen LogP contribution >= 0.6 is 0 Å². The summed E-state index contributed by atoms with van der Waals surface area (Å²) in [7, 11) is 0. The fourth-order valence-electron chi connectivity index (χ4n) is 5.51. The largest absolute Gasteiger partial charge is 0.480 e. The van der Waals surface area contributed by atoms with Gasteiger partial charge in [0.05, 0.1) is 0 Å². The minimum Gasteiger partial charge on any atom is -0.480 e. The Kier molecular flexibility index (Phi) is 6.55.